The van der Waals surface area contributed by atoms with Gasteiger partial charge in [-0.25, -0.2) is 0 Å². The predicted molar refractivity (Wildman–Crippen MR) is 54.7 cm³/mol. The van der Waals surface area contributed by atoms with E-state index in [1.807, 2.05) is 20.8 Å². The number of halogens is 3. The predicted octanol–water partition coefficient (Wildman–Crippen LogP) is 2.76. The van der Waals surface area contributed by atoms with Crippen LogP contribution in [0.5, 0.6) is 0 Å². The van der Waals surface area contributed by atoms with Gasteiger partial charge in [0.15, 0.2) is 0 Å². The SMILES string of the molecule is C=C(COCCOC(C)(C)C)[B-](F)(F)F. The fourth-order valence-electron chi connectivity index (χ4n) is 0.705. The van der Waals surface area contributed by atoms with Gasteiger partial charge in [-0.3, -0.25) is 0 Å². The molecule has 90 valence electrons. The molecule has 0 rings (SSSR count). The third-order valence-electron chi connectivity index (χ3n) is 1.51. The molecule has 0 saturated heterocycles. The Morgan fingerprint density at radius 2 is 1.73 bits per heavy atom. The van der Waals surface area contributed by atoms with Crippen LogP contribution in [-0.2, 0) is 9.47 Å². The monoisotopic (exact) mass is 225 g/mol. The molecule has 0 spiro atoms. The Labute approximate surface area is 88.5 Å². The highest BCUT2D eigenvalue weighted by atomic mass is 19.4. The highest BCUT2D eigenvalue weighted by Gasteiger charge is 2.26. The molecule has 2 nitrogen and oxygen atoms in total. The van der Waals surface area contributed by atoms with Crippen LogP contribution in [-0.4, -0.2) is 32.4 Å². The van der Waals surface area contributed by atoms with Crippen molar-refractivity contribution in [2.45, 2.75) is 26.4 Å². The summed E-state index contributed by atoms with van der Waals surface area (Å²) in [4.78, 5) is 0. The first-order valence-electron chi connectivity index (χ1n) is 4.72. The maximum absolute atomic E-state index is 12.0. The van der Waals surface area contributed by atoms with E-state index in [4.69, 9.17) is 9.47 Å². The van der Waals surface area contributed by atoms with E-state index in [2.05, 4.69) is 6.58 Å². The van der Waals surface area contributed by atoms with Crippen molar-refractivity contribution >= 4 is 6.98 Å². The Kier molecular flexibility index (Phi) is 5.38. The first-order chi connectivity index (χ1) is 6.63. The molecule has 0 aliphatic rings. The van der Waals surface area contributed by atoms with Gasteiger partial charge in [0.1, 0.15) is 0 Å². The van der Waals surface area contributed by atoms with E-state index in [9.17, 15) is 12.9 Å². The second-order valence-electron chi connectivity index (χ2n) is 4.25. The zero-order chi connectivity index (χ0) is 12.1. The van der Waals surface area contributed by atoms with Gasteiger partial charge in [-0.1, -0.05) is 0 Å². The molecule has 0 radical (unpaired) electrons. The van der Waals surface area contributed by atoms with Gasteiger partial charge in [-0.2, -0.15) is 0 Å². The molecule has 0 aliphatic carbocycles. The summed E-state index contributed by atoms with van der Waals surface area (Å²) in [6, 6.07) is 0. The third-order valence-corrected chi connectivity index (χ3v) is 1.51. The van der Waals surface area contributed by atoms with Crippen LogP contribution < -0.4 is 0 Å². The topological polar surface area (TPSA) is 18.5 Å². The Balaban J connectivity index is 3.53. The van der Waals surface area contributed by atoms with Crippen LogP contribution in [0.1, 0.15) is 20.8 Å². The molecule has 0 aromatic heterocycles. The Hall–Kier alpha value is -0.485. The summed E-state index contributed by atoms with van der Waals surface area (Å²) in [6.07, 6.45) is 0. The Morgan fingerprint density at radius 3 is 2.13 bits per heavy atom. The van der Waals surface area contributed by atoms with E-state index in [0.717, 1.165) is 0 Å². The van der Waals surface area contributed by atoms with Crippen LogP contribution in [0.4, 0.5) is 12.9 Å². The molecular weight excluding hydrogens is 208 g/mol. The van der Waals surface area contributed by atoms with Crippen molar-refractivity contribution in [3.63, 3.8) is 0 Å². The Morgan fingerprint density at radius 1 is 1.20 bits per heavy atom. The molecule has 0 atom stereocenters. The van der Waals surface area contributed by atoms with Crippen molar-refractivity contribution < 1.29 is 22.4 Å². The molecule has 6 heteroatoms. The minimum Gasteiger partial charge on any atom is -0.445 e. The fourth-order valence-corrected chi connectivity index (χ4v) is 0.705. The van der Waals surface area contributed by atoms with Gasteiger partial charge < -0.3 is 22.4 Å². The summed E-state index contributed by atoms with van der Waals surface area (Å²) in [5, 5.41) is 0. The largest absolute Gasteiger partial charge is 0.507 e. The Bertz CT molecular complexity index is 208. The number of hydrogen-bond acceptors (Lipinski definition) is 2. The summed E-state index contributed by atoms with van der Waals surface area (Å²) in [5.74, 6) is 0. The summed E-state index contributed by atoms with van der Waals surface area (Å²) < 4.78 is 46.1. The molecule has 0 aromatic rings. The van der Waals surface area contributed by atoms with Gasteiger partial charge in [0.05, 0.1) is 18.8 Å². The zero-order valence-corrected chi connectivity index (χ0v) is 9.36. The fraction of sp³-hybridized carbons (Fsp3) is 0.778. The lowest BCUT2D eigenvalue weighted by atomic mass is 9.81. The van der Waals surface area contributed by atoms with Gasteiger partial charge in [0.2, 0.25) is 0 Å². The molecule has 0 heterocycles. The number of rotatable bonds is 6. The van der Waals surface area contributed by atoms with Crippen molar-refractivity contribution in [3.8, 4) is 0 Å². The minimum atomic E-state index is -4.98. The van der Waals surface area contributed by atoms with Crippen LogP contribution in [0.25, 0.3) is 0 Å². The van der Waals surface area contributed by atoms with E-state index in [0.29, 0.717) is 0 Å². The average Bonchev–Trinajstić information content (AvgIpc) is 1.99. The standard InChI is InChI=1S/C9H17BF3O2/c1-8(10(11,12)13)7-14-5-6-15-9(2,3)4/h1,5-7H2,2-4H3/q-1. The second kappa shape index (κ2) is 5.56. The van der Waals surface area contributed by atoms with Gasteiger partial charge in [-0.15, -0.1) is 12.1 Å². The highest BCUT2D eigenvalue weighted by Crippen LogP contribution is 2.17. The maximum atomic E-state index is 12.0. The van der Waals surface area contributed by atoms with Crippen LogP contribution in [0.3, 0.4) is 0 Å². The van der Waals surface area contributed by atoms with E-state index in [-0.39, 0.29) is 18.8 Å². The minimum absolute atomic E-state index is 0.141. The molecule has 0 bridgehead atoms. The highest BCUT2D eigenvalue weighted by molar-refractivity contribution is 6.66. The molecule has 0 aliphatic heterocycles. The molecule has 0 fully saturated rings. The summed E-state index contributed by atoms with van der Waals surface area (Å²) >= 11 is 0. The molecular formula is C9H17BF3O2-. The lowest BCUT2D eigenvalue weighted by Gasteiger charge is -2.21. The lowest BCUT2D eigenvalue weighted by Crippen LogP contribution is -2.25. The van der Waals surface area contributed by atoms with Gasteiger partial charge >= 0.3 is 6.98 Å². The van der Waals surface area contributed by atoms with E-state index in [1.54, 1.807) is 0 Å². The lowest BCUT2D eigenvalue weighted by molar-refractivity contribution is -0.0318. The molecule has 0 unspecified atom stereocenters. The van der Waals surface area contributed by atoms with Crippen LogP contribution >= 0.6 is 0 Å². The summed E-state index contributed by atoms with van der Waals surface area (Å²) in [6.45, 7) is 3.48. The second-order valence-corrected chi connectivity index (χ2v) is 4.25. The molecule has 0 amide bonds. The zero-order valence-electron chi connectivity index (χ0n) is 9.36. The summed E-state index contributed by atoms with van der Waals surface area (Å²) in [7, 11) is 0. The van der Waals surface area contributed by atoms with Crippen molar-refractivity contribution in [1.82, 2.24) is 0 Å². The quantitative estimate of drug-likeness (QED) is 0.511. The van der Waals surface area contributed by atoms with Gasteiger partial charge in [0.25, 0.3) is 0 Å². The van der Waals surface area contributed by atoms with E-state index in [1.165, 1.54) is 0 Å². The molecule has 15 heavy (non-hydrogen) atoms. The third kappa shape index (κ3) is 8.51. The average molecular weight is 225 g/mol. The van der Waals surface area contributed by atoms with Crippen molar-refractivity contribution in [1.29, 1.82) is 0 Å². The van der Waals surface area contributed by atoms with Crippen molar-refractivity contribution in [2.24, 2.45) is 0 Å². The number of ether oxygens (including phenoxy) is 2. The van der Waals surface area contributed by atoms with Gasteiger partial charge in [-0.05, 0) is 20.8 Å². The maximum Gasteiger partial charge on any atom is 0.507 e. The van der Waals surface area contributed by atoms with Crippen molar-refractivity contribution in [3.05, 3.63) is 12.1 Å². The van der Waals surface area contributed by atoms with E-state index >= 15 is 0 Å². The normalized spacial score (nSPS) is 12.9. The number of hydrogen-bond donors (Lipinski definition) is 0. The first kappa shape index (κ1) is 14.5. The van der Waals surface area contributed by atoms with Gasteiger partial charge in [0, 0.05) is 6.61 Å². The van der Waals surface area contributed by atoms with Crippen LogP contribution in [0.2, 0.25) is 0 Å². The summed E-state index contributed by atoms with van der Waals surface area (Å²) in [5.41, 5.74) is -1.11. The van der Waals surface area contributed by atoms with Crippen LogP contribution in [0.15, 0.2) is 12.1 Å². The van der Waals surface area contributed by atoms with E-state index < -0.39 is 19.1 Å². The van der Waals surface area contributed by atoms with Crippen molar-refractivity contribution in [2.75, 3.05) is 19.8 Å². The smallest absolute Gasteiger partial charge is 0.445 e. The molecule has 0 aromatic carbocycles. The van der Waals surface area contributed by atoms with Crippen LogP contribution in [0, 0.1) is 0 Å². The first-order valence-corrected chi connectivity index (χ1v) is 4.72. The molecule has 0 N–H and O–H groups in total. The molecule has 0 saturated carbocycles.